The summed E-state index contributed by atoms with van der Waals surface area (Å²) in [7, 11) is 1.96. The van der Waals surface area contributed by atoms with Crippen LogP contribution in [-0.2, 0) is 11.8 Å². The summed E-state index contributed by atoms with van der Waals surface area (Å²) in [5, 5.41) is 9.52. The molecule has 108 valence electrons. The Morgan fingerprint density at radius 3 is 2.62 bits per heavy atom. The molecule has 1 saturated heterocycles. The Balaban J connectivity index is 1.90. The smallest absolute Gasteiger partial charge is 0.142 e. The number of rotatable bonds is 3. The Kier molecular flexibility index (Phi) is 4.00. The summed E-state index contributed by atoms with van der Waals surface area (Å²) in [5.41, 5.74) is 1.87. The quantitative estimate of drug-likeness (QED) is 0.864. The second-order valence-corrected chi connectivity index (χ2v) is 5.15. The Labute approximate surface area is 124 Å². The lowest BCUT2D eigenvalue weighted by molar-refractivity contribution is 0.0260. The Hall–Kier alpha value is -2.16. The topological polar surface area (TPSA) is 54.1 Å². The number of benzene rings is 1. The van der Waals surface area contributed by atoms with Crippen LogP contribution in [0.25, 0.3) is 11.4 Å². The van der Waals surface area contributed by atoms with Gasteiger partial charge in [-0.1, -0.05) is 30.3 Å². The molecule has 0 amide bonds. The number of ether oxygens (including phenoxy) is 1. The number of aromatic nitrogens is 2. The van der Waals surface area contributed by atoms with E-state index < -0.39 is 0 Å². The third-order valence-electron chi connectivity index (χ3n) is 3.74. The highest BCUT2D eigenvalue weighted by Gasteiger charge is 2.25. The SMILES string of the molecule is Cn1cc(C(C#N)N2CCOCC2)nc1-c1ccccc1. The predicted molar refractivity (Wildman–Crippen MR) is 79.4 cm³/mol. The van der Waals surface area contributed by atoms with E-state index in [2.05, 4.69) is 16.0 Å². The predicted octanol–water partition coefficient (Wildman–Crippen LogP) is 1.98. The van der Waals surface area contributed by atoms with Crippen LogP contribution in [0, 0.1) is 11.3 Å². The zero-order valence-corrected chi connectivity index (χ0v) is 12.1. The standard InChI is InChI=1S/C16H18N4O/c1-19-12-14(15(11-17)20-7-9-21-10-8-20)18-16(19)13-5-3-2-4-6-13/h2-6,12,15H,7-10H2,1H3. The molecule has 0 bridgehead atoms. The maximum atomic E-state index is 9.52. The summed E-state index contributed by atoms with van der Waals surface area (Å²) in [6.45, 7) is 2.90. The van der Waals surface area contributed by atoms with Gasteiger partial charge in [-0.15, -0.1) is 0 Å². The fraction of sp³-hybridized carbons (Fsp3) is 0.375. The van der Waals surface area contributed by atoms with Gasteiger partial charge in [0.15, 0.2) is 0 Å². The van der Waals surface area contributed by atoms with Crippen LogP contribution >= 0.6 is 0 Å². The average Bonchev–Trinajstić information content (AvgIpc) is 2.92. The number of imidazole rings is 1. The van der Waals surface area contributed by atoms with Gasteiger partial charge in [0, 0.05) is 31.9 Å². The molecule has 1 atom stereocenters. The Bertz CT molecular complexity index is 638. The molecule has 1 unspecified atom stereocenters. The highest BCUT2D eigenvalue weighted by molar-refractivity contribution is 5.55. The van der Waals surface area contributed by atoms with Crippen LogP contribution < -0.4 is 0 Å². The highest BCUT2D eigenvalue weighted by Crippen LogP contribution is 2.24. The lowest BCUT2D eigenvalue weighted by Gasteiger charge is -2.29. The molecule has 5 heteroatoms. The average molecular weight is 282 g/mol. The van der Waals surface area contributed by atoms with E-state index in [1.54, 1.807) is 0 Å². The molecule has 1 aromatic heterocycles. The van der Waals surface area contributed by atoms with Crippen molar-refractivity contribution in [2.45, 2.75) is 6.04 Å². The molecule has 0 aliphatic carbocycles. The maximum Gasteiger partial charge on any atom is 0.142 e. The lowest BCUT2D eigenvalue weighted by atomic mass is 10.2. The molecule has 21 heavy (non-hydrogen) atoms. The van der Waals surface area contributed by atoms with E-state index in [0.717, 1.165) is 30.2 Å². The van der Waals surface area contributed by atoms with Crippen LogP contribution in [0.5, 0.6) is 0 Å². The summed E-state index contributed by atoms with van der Waals surface area (Å²) in [4.78, 5) is 6.81. The molecule has 2 aromatic rings. The molecule has 0 saturated carbocycles. The van der Waals surface area contributed by atoms with Gasteiger partial charge in [-0.3, -0.25) is 4.90 Å². The van der Waals surface area contributed by atoms with Gasteiger partial charge in [0.25, 0.3) is 0 Å². The molecule has 1 fully saturated rings. The van der Waals surface area contributed by atoms with Crippen molar-refractivity contribution < 1.29 is 4.74 Å². The van der Waals surface area contributed by atoms with Crippen LogP contribution in [0.1, 0.15) is 11.7 Å². The third-order valence-corrected chi connectivity index (χ3v) is 3.74. The van der Waals surface area contributed by atoms with Crippen LogP contribution in [-0.4, -0.2) is 40.8 Å². The fourth-order valence-corrected chi connectivity index (χ4v) is 2.65. The highest BCUT2D eigenvalue weighted by atomic mass is 16.5. The normalized spacial score (nSPS) is 17.3. The minimum Gasteiger partial charge on any atom is -0.379 e. The Morgan fingerprint density at radius 2 is 1.95 bits per heavy atom. The zero-order chi connectivity index (χ0) is 14.7. The van der Waals surface area contributed by atoms with Crippen LogP contribution in [0.4, 0.5) is 0 Å². The molecule has 3 rings (SSSR count). The molecule has 2 heterocycles. The van der Waals surface area contributed by atoms with E-state index in [-0.39, 0.29) is 6.04 Å². The van der Waals surface area contributed by atoms with Gasteiger partial charge < -0.3 is 9.30 Å². The number of aryl methyl sites for hydroxylation is 1. The maximum absolute atomic E-state index is 9.52. The lowest BCUT2D eigenvalue weighted by Crippen LogP contribution is -2.38. The number of nitriles is 1. The number of hydrogen-bond acceptors (Lipinski definition) is 4. The van der Waals surface area contributed by atoms with Gasteiger partial charge >= 0.3 is 0 Å². The van der Waals surface area contributed by atoms with Crippen LogP contribution in [0.3, 0.4) is 0 Å². The van der Waals surface area contributed by atoms with Gasteiger partial charge in [0.1, 0.15) is 11.9 Å². The first-order chi connectivity index (χ1) is 10.3. The van der Waals surface area contributed by atoms with Crippen molar-refractivity contribution in [3.63, 3.8) is 0 Å². The summed E-state index contributed by atoms with van der Waals surface area (Å²) >= 11 is 0. The largest absolute Gasteiger partial charge is 0.379 e. The van der Waals surface area contributed by atoms with E-state index in [9.17, 15) is 5.26 Å². The molecule has 0 spiro atoms. The molecular formula is C16H18N4O. The van der Waals surface area contributed by atoms with Gasteiger partial charge in [0.2, 0.25) is 0 Å². The van der Waals surface area contributed by atoms with Gasteiger partial charge in [-0.05, 0) is 0 Å². The first kappa shape index (κ1) is 13.8. The molecule has 0 radical (unpaired) electrons. The minimum atomic E-state index is -0.308. The first-order valence-electron chi connectivity index (χ1n) is 7.09. The monoisotopic (exact) mass is 282 g/mol. The van der Waals surface area contributed by atoms with Crippen LogP contribution in [0.2, 0.25) is 0 Å². The summed E-state index contributed by atoms with van der Waals surface area (Å²) in [6.07, 6.45) is 1.95. The minimum absolute atomic E-state index is 0.308. The van der Waals surface area contributed by atoms with Gasteiger partial charge in [-0.2, -0.15) is 5.26 Å². The third kappa shape index (κ3) is 2.82. The zero-order valence-electron chi connectivity index (χ0n) is 12.1. The summed E-state index contributed by atoms with van der Waals surface area (Å²) in [5.74, 6) is 0.888. The second-order valence-electron chi connectivity index (χ2n) is 5.15. The molecule has 1 aromatic carbocycles. The number of hydrogen-bond donors (Lipinski definition) is 0. The van der Waals surface area contributed by atoms with Crippen molar-refractivity contribution in [3.8, 4) is 17.5 Å². The fourth-order valence-electron chi connectivity index (χ4n) is 2.65. The molecule has 0 N–H and O–H groups in total. The van der Waals surface area contributed by atoms with Crippen molar-refractivity contribution in [2.75, 3.05) is 26.3 Å². The van der Waals surface area contributed by atoms with Crippen molar-refractivity contribution in [2.24, 2.45) is 7.05 Å². The van der Waals surface area contributed by atoms with Crippen molar-refractivity contribution in [1.82, 2.24) is 14.5 Å². The summed E-state index contributed by atoms with van der Waals surface area (Å²) < 4.78 is 7.33. The summed E-state index contributed by atoms with van der Waals surface area (Å²) in [6, 6.07) is 12.1. The van der Waals surface area contributed by atoms with Gasteiger partial charge in [0.05, 0.1) is 25.0 Å². The van der Waals surface area contributed by atoms with E-state index in [1.165, 1.54) is 0 Å². The van der Waals surface area contributed by atoms with E-state index in [1.807, 2.05) is 48.1 Å². The molecule has 5 nitrogen and oxygen atoms in total. The van der Waals surface area contributed by atoms with E-state index in [0.29, 0.717) is 13.2 Å². The number of nitrogens with zero attached hydrogens (tertiary/aromatic N) is 4. The van der Waals surface area contributed by atoms with Crippen molar-refractivity contribution in [3.05, 3.63) is 42.2 Å². The van der Waals surface area contributed by atoms with Crippen molar-refractivity contribution >= 4 is 0 Å². The van der Waals surface area contributed by atoms with Crippen molar-refractivity contribution in [1.29, 1.82) is 5.26 Å². The van der Waals surface area contributed by atoms with Crippen LogP contribution in [0.15, 0.2) is 36.5 Å². The number of morpholine rings is 1. The second kappa shape index (κ2) is 6.08. The molecule has 1 aliphatic heterocycles. The first-order valence-corrected chi connectivity index (χ1v) is 7.09. The van der Waals surface area contributed by atoms with E-state index in [4.69, 9.17) is 4.74 Å². The van der Waals surface area contributed by atoms with E-state index >= 15 is 0 Å². The molecule has 1 aliphatic rings. The van der Waals surface area contributed by atoms with Gasteiger partial charge in [-0.25, -0.2) is 4.98 Å². The Morgan fingerprint density at radius 1 is 1.24 bits per heavy atom. The molecular weight excluding hydrogens is 264 g/mol.